The molecule has 0 bridgehead atoms. The second kappa shape index (κ2) is 11.7. The number of aryl methyl sites for hydroxylation is 1. The molecule has 0 unspecified atom stereocenters. The molecule has 4 rings (SSSR count). The number of carbonyl (C=O) groups excluding carboxylic acids is 2. The highest BCUT2D eigenvalue weighted by atomic mass is 16.5. The van der Waals surface area contributed by atoms with E-state index >= 15 is 0 Å². The zero-order valence-corrected chi connectivity index (χ0v) is 21.2. The molecule has 0 saturated heterocycles. The molecule has 2 N–H and O–H groups in total. The Morgan fingerprint density at radius 2 is 1.95 bits per heavy atom. The van der Waals surface area contributed by atoms with Crippen LogP contribution in [0.2, 0.25) is 0 Å². The van der Waals surface area contributed by atoms with Crippen molar-refractivity contribution >= 4 is 23.5 Å². The van der Waals surface area contributed by atoms with Crippen molar-refractivity contribution in [3.05, 3.63) is 65.5 Å². The summed E-state index contributed by atoms with van der Waals surface area (Å²) in [5.74, 6) is -0.586. The Morgan fingerprint density at radius 3 is 2.76 bits per heavy atom. The van der Waals surface area contributed by atoms with Gasteiger partial charge in [0.25, 0.3) is 0 Å². The zero-order valence-electron chi connectivity index (χ0n) is 21.2. The van der Waals surface area contributed by atoms with Gasteiger partial charge < -0.3 is 20.1 Å². The van der Waals surface area contributed by atoms with Crippen LogP contribution in [0.3, 0.4) is 0 Å². The predicted molar refractivity (Wildman–Crippen MR) is 140 cm³/mol. The van der Waals surface area contributed by atoms with E-state index in [1.165, 1.54) is 10.2 Å². The summed E-state index contributed by atoms with van der Waals surface area (Å²) >= 11 is 0. The molecule has 0 saturated carbocycles. The van der Waals surface area contributed by atoms with Crippen LogP contribution in [-0.4, -0.2) is 52.4 Å². The molecule has 9 nitrogen and oxygen atoms in total. The SMILES string of the molecule is Cc1cccc(OCCCC(=O)N2CCCc3c(-c4cnn(CC(=O)NCC(=O)O)c4)cccc32)c1C. The topological polar surface area (TPSA) is 114 Å². The zero-order chi connectivity index (χ0) is 26.4. The van der Waals surface area contributed by atoms with Crippen LogP contribution in [0.15, 0.2) is 48.8 Å². The van der Waals surface area contributed by atoms with Crippen molar-refractivity contribution in [3.8, 4) is 16.9 Å². The Morgan fingerprint density at radius 1 is 1.14 bits per heavy atom. The molecule has 1 aromatic heterocycles. The van der Waals surface area contributed by atoms with Gasteiger partial charge in [-0.15, -0.1) is 0 Å². The smallest absolute Gasteiger partial charge is 0.322 e. The normalized spacial score (nSPS) is 12.6. The van der Waals surface area contributed by atoms with Gasteiger partial charge >= 0.3 is 5.97 Å². The summed E-state index contributed by atoms with van der Waals surface area (Å²) in [6, 6.07) is 11.9. The number of fused-ring (bicyclic) bond motifs is 1. The first kappa shape index (κ1) is 25.9. The molecule has 0 aliphatic carbocycles. The van der Waals surface area contributed by atoms with Crippen molar-refractivity contribution in [2.45, 2.75) is 46.1 Å². The third-order valence-electron chi connectivity index (χ3n) is 6.59. The average molecular weight is 505 g/mol. The number of nitrogens with one attached hydrogen (secondary N) is 1. The van der Waals surface area contributed by atoms with Gasteiger partial charge in [0, 0.05) is 30.4 Å². The van der Waals surface area contributed by atoms with Crippen molar-refractivity contribution in [2.75, 3.05) is 24.6 Å². The summed E-state index contributed by atoms with van der Waals surface area (Å²) in [5.41, 5.74) is 6.13. The molecule has 9 heteroatoms. The van der Waals surface area contributed by atoms with Crippen molar-refractivity contribution in [2.24, 2.45) is 0 Å². The Balaban J connectivity index is 1.39. The number of hydrogen-bond donors (Lipinski definition) is 2. The van der Waals surface area contributed by atoms with E-state index in [1.54, 1.807) is 12.4 Å². The fourth-order valence-electron chi connectivity index (χ4n) is 4.54. The highest BCUT2D eigenvalue weighted by Gasteiger charge is 2.25. The average Bonchev–Trinajstić information content (AvgIpc) is 3.35. The lowest BCUT2D eigenvalue weighted by Crippen LogP contribution is -2.35. The third kappa shape index (κ3) is 6.35. The summed E-state index contributed by atoms with van der Waals surface area (Å²) in [6.07, 6.45) is 6.19. The van der Waals surface area contributed by atoms with E-state index in [0.29, 0.717) is 26.0 Å². The standard InChI is InChI=1S/C28H32N4O5/c1-19-7-3-11-25(20(19)2)37-14-6-12-27(34)32-13-5-9-23-22(8-4-10-24(23)32)21-15-30-31(17-21)18-26(33)29-16-28(35)36/h3-4,7-8,10-11,15,17H,5-6,9,12-14,16,18H2,1-2H3,(H,29,33)(H,35,36). The number of amides is 2. The molecule has 3 aromatic rings. The van der Waals surface area contributed by atoms with E-state index in [2.05, 4.69) is 23.4 Å². The predicted octanol–water partition coefficient (Wildman–Crippen LogP) is 3.51. The molecule has 37 heavy (non-hydrogen) atoms. The minimum atomic E-state index is -1.10. The van der Waals surface area contributed by atoms with Crippen molar-refractivity contribution in [3.63, 3.8) is 0 Å². The number of carbonyl (C=O) groups is 3. The molecular weight excluding hydrogens is 472 g/mol. The lowest BCUT2D eigenvalue weighted by atomic mass is 9.93. The number of hydrogen-bond acceptors (Lipinski definition) is 5. The van der Waals surface area contributed by atoms with Crippen LogP contribution < -0.4 is 15.0 Å². The molecule has 2 amide bonds. The first-order valence-corrected chi connectivity index (χ1v) is 12.5. The molecule has 0 fully saturated rings. The molecule has 0 atom stereocenters. The van der Waals surface area contributed by atoms with E-state index in [4.69, 9.17) is 9.84 Å². The lowest BCUT2D eigenvalue weighted by Gasteiger charge is -2.31. The van der Waals surface area contributed by atoms with Gasteiger partial charge in [0.15, 0.2) is 0 Å². The number of benzene rings is 2. The summed E-state index contributed by atoms with van der Waals surface area (Å²) in [6.45, 7) is 4.75. The van der Waals surface area contributed by atoms with Gasteiger partial charge in [-0.05, 0) is 67.5 Å². The Labute approximate surface area is 216 Å². The number of rotatable bonds is 10. The highest BCUT2D eigenvalue weighted by molar-refractivity contribution is 5.96. The minimum absolute atomic E-state index is 0.0724. The second-order valence-electron chi connectivity index (χ2n) is 9.20. The molecule has 194 valence electrons. The number of ether oxygens (including phenoxy) is 1. The van der Waals surface area contributed by atoms with Crippen LogP contribution in [0.25, 0.3) is 11.1 Å². The van der Waals surface area contributed by atoms with Crippen LogP contribution >= 0.6 is 0 Å². The van der Waals surface area contributed by atoms with Crippen LogP contribution in [0.4, 0.5) is 5.69 Å². The Hall–Kier alpha value is -4.14. The summed E-state index contributed by atoms with van der Waals surface area (Å²) in [5, 5.41) is 15.3. The number of anilines is 1. The van der Waals surface area contributed by atoms with E-state index in [9.17, 15) is 14.4 Å². The number of aliphatic carboxylic acids is 1. The molecule has 2 aromatic carbocycles. The first-order chi connectivity index (χ1) is 17.8. The second-order valence-corrected chi connectivity index (χ2v) is 9.20. The van der Waals surface area contributed by atoms with Crippen LogP contribution in [0.5, 0.6) is 5.75 Å². The molecule has 1 aliphatic heterocycles. The van der Waals surface area contributed by atoms with Crippen LogP contribution in [0.1, 0.15) is 36.0 Å². The largest absolute Gasteiger partial charge is 0.493 e. The molecule has 2 heterocycles. The van der Waals surface area contributed by atoms with E-state index in [1.807, 2.05) is 42.2 Å². The fourth-order valence-corrected chi connectivity index (χ4v) is 4.54. The van der Waals surface area contributed by atoms with Crippen LogP contribution in [0, 0.1) is 13.8 Å². The molecule has 0 spiro atoms. The fraction of sp³-hybridized carbons (Fsp3) is 0.357. The van der Waals surface area contributed by atoms with Gasteiger partial charge in [-0.2, -0.15) is 5.10 Å². The van der Waals surface area contributed by atoms with E-state index < -0.39 is 18.4 Å². The minimum Gasteiger partial charge on any atom is -0.493 e. The number of carboxylic acids is 1. The van der Waals surface area contributed by atoms with E-state index in [-0.39, 0.29) is 12.5 Å². The maximum atomic E-state index is 13.1. The lowest BCUT2D eigenvalue weighted by molar-refractivity contribution is -0.138. The summed E-state index contributed by atoms with van der Waals surface area (Å²) in [7, 11) is 0. The summed E-state index contributed by atoms with van der Waals surface area (Å²) < 4.78 is 7.40. The van der Waals surface area contributed by atoms with Crippen molar-refractivity contribution in [1.82, 2.24) is 15.1 Å². The summed E-state index contributed by atoms with van der Waals surface area (Å²) in [4.78, 5) is 37.6. The van der Waals surface area contributed by atoms with Gasteiger partial charge in [0.1, 0.15) is 18.8 Å². The van der Waals surface area contributed by atoms with Gasteiger partial charge in [0.2, 0.25) is 11.8 Å². The first-order valence-electron chi connectivity index (χ1n) is 12.5. The molecule has 1 aliphatic rings. The third-order valence-corrected chi connectivity index (χ3v) is 6.59. The number of nitrogens with zero attached hydrogens (tertiary/aromatic N) is 3. The van der Waals surface area contributed by atoms with Gasteiger partial charge in [-0.3, -0.25) is 19.1 Å². The maximum absolute atomic E-state index is 13.1. The van der Waals surface area contributed by atoms with E-state index in [0.717, 1.165) is 46.5 Å². The van der Waals surface area contributed by atoms with Crippen molar-refractivity contribution in [1.29, 1.82) is 0 Å². The Bertz CT molecular complexity index is 1300. The number of aromatic nitrogens is 2. The number of carboxylic acid groups (broad SMARTS) is 1. The Kier molecular flexibility index (Phi) is 8.22. The van der Waals surface area contributed by atoms with Gasteiger partial charge in [0.05, 0.1) is 12.8 Å². The molecular formula is C28H32N4O5. The monoisotopic (exact) mass is 504 g/mol. The maximum Gasteiger partial charge on any atom is 0.322 e. The van der Waals surface area contributed by atoms with Crippen LogP contribution in [-0.2, 0) is 27.3 Å². The van der Waals surface area contributed by atoms with Gasteiger partial charge in [-0.25, -0.2) is 0 Å². The van der Waals surface area contributed by atoms with Gasteiger partial charge in [-0.1, -0.05) is 24.3 Å². The quantitative estimate of drug-likeness (QED) is 0.409. The van der Waals surface area contributed by atoms with Crippen molar-refractivity contribution < 1.29 is 24.2 Å². The highest BCUT2D eigenvalue weighted by Crippen LogP contribution is 2.35. The molecule has 0 radical (unpaired) electrons.